The Labute approximate surface area is 128 Å². The zero-order valence-electron chi connectivity index (χ0n) is 11.9. The normalized spacial score (nSPS) is 20.2. The largest absolute Gasteiger partial charge is 0.508 e. The van der Waals surface area contributed by atoms with Crippen LogP contribution in [0.1, 0.15) is 29.6 Å². The molecule has 2 atom stereocenters. The van der Waals surface area contributed by atoms with Gasteiger partial charge < -0.3 is 10.4 Å². The van der Waals surface area contributed by atoms with Crippen molar-refractivity contribution in [2.75, 3.05) is 5.32 Å². The molecule has 5 nitrogen and oxygen atoms in total. The summed E-state index contributed by atoms with van der Waals surface area (Å²) in [5, 5.41) is 17.8. The third-order valence-corrected chi connectivity index (χ3v) is 4.13. The van der Waals surface area contributed by atoms with Crippen molar-refractivity contribution < 1.29 is 5.11 Å². The zero-order valence-corrected chi connectivity index (χ0v) is 11.9. The van der Waals surface area contributed by atoms with E-state index in [-0.39, 0.29) is 12.1 Å². The maximum Gasteiger partial charge on any atom is 0.222 e. The molecule has 0 fully saturated rings. The predicted molar refractivity (Wildman–Crippen MR) is 83.7 cm³/mol. The number of phenols is 1. The van der Waals surface area contributed by atoms with E-state index in [9.17, 15) is 5.11 Å². The number of rotatable bonds is 2. The first-order chi connectivity index (χ1) is 10.8. The molecule has 1 aromatic heterocycles. The summed E-state index contributed by atoms with van der Waals surface area (Å²) in [7, 11) is 0. The average Bonchev–Trinajstić information content (AvgIpc) is 3.03. The molecular weight excluding hydrogens is 276 g/mol. The summed E-state index contributed by atoms with van der Waals surface area (Å²) in [5.74, 6) is 1.04. The van der Waals surface area contributed by atoms with Gasteiger partial charge in [-0.15, -0.1) is 0 Å². The van der Waals surface area contributed by atoms with Gasteiger partial charge in [-0.05, 0) is 18.1 Å². The Bertz CT molecular complexity index is 784. The fourth-order valence-electron chi connectivity index (χ4n) is 3.06. The molecule has 0 aliphatic carbocycles. The minimum Gasteiger partial charge on any atom is -0.508 e. The molecule has 0 bridgehead atoms. The maximum absolute atomic E-state index is 10.1. The maximum atomic E-state index is 10.1. The SMILES string of the molecule is Oc1ccccc1[C@@H]1C[C@@H](c2ccccc2)n2ncnc2N1. The summed E-state index contributed by atoms with van der Waals surface area (Å²) in [5.41, 5.74) is 2.08. The molecule has 0 unspecified atom stereocenters. The molecule has 2 N–H and O–H groups in total. The quantitative estimate of drug-likeness (QED) is 0.761. The molecule has 4 rings (SSSR count). The molecule has 0 saturated heterocycles. The molecule has 0 saturated carbocycles. The van der Waals surface area contributed by atoms with E-state index in [1.54, 1.807) is 12.4 Å². The van der Waals surface area contributed by atoms with Gasteiger partial charge in [0.2, 0.25) is 5.95 Å². The van der Waals surface area contributed by atoms with E-state index in [2.05, 4.69) is 27.5 Å². The number of fused-ring (bicyclic) bond motifs is 1. The van der Waals surface area contributed by atoms with Gasteiger partial charge in [-0.2, -0.15) is 10.1 Å². The number of aromatic nitrogens is 3. The van der Waals surface area contributed by atoms with Gasteiger partial charge in [0.05, 0.1) is 12.1 Å². The standard InChI is InChI=1S/C17H16N4O/c22-16-9-5-4-8-13(16)14-10-15(12-6-2-1-3-7-12)21-17(20-14)18-11-19-21/h1-9,11,14-15,22H,10H2,(H,18,19,20)/t14-,15-/m0/s1. The summed E-state index contributed by atoms with van der Waals surface area (Å²) < 4.78 is 1.91. The van der Waals surface area contributed by atoms with Crippen LogP contribution in [0.2, 0.25) is 0 Å². The highest BCUT2D eigenvalue weighted by Gasteiger charge is 2.30. The smallest absolute Gasteiger partial charge is 0.222 e. The van der Waals surface area contributed by atoms with Gasteiger partial charge in [-0.1, -0.05) is 48.5 Å². The second kappa shape index (κ2) is 5.18. The van der Waals surface area contributed by atoms with Crippen LogP contribution in [0.3, 0.4) is 0 Å². The molecule has 5 heteroatoms. The molecule has 2 aromatic carbocycles. The van der Waals surface area contributed by atoms with Crippen molar-refractivity contribution in [3.8, 4) is 5.75 Å². The van der Waals surface area contributed by atoms with Gasteiger partial charge in [-0.3, -0.25) is 0 Å². The minimum absolute atomic E-state index is 0.00288. The molecule has 1 aliphatic rings. The van der Waals surface area contributed by atoms with Crippen LogP contribution in [0.5, 0.6) is 5.75 Å². The second-order valence-corrected chi connectivity index (χ2v) is 5.45. The Hall–Kier alpha value is -2.82. The lowest BCUT2D eigenvalue weighted by atomic mass is 9.93. The van der Waals surface area contributed by atoms with Crippen LogP contribution in [-0.2, 0) is 0 Å². The second-order valence-electron chi connectivity index (χ2n) is 5.45. The number of hydrogen-bond acceptors (Lipinski definition) is 4. The fourth-order valence-corrected chi connectivity index (χ4v) is 3.06. The fraction of sp³-hybridized carbons (Fsp3) is 0.176. The summed E-state index contributed by atoms with van der Waals surface area (Å²) in [6.07, 6.45) is 2.36. The first kappa shape index (κ1) is 12.9. The van der Waals surface area contributed by atoms with Gasteiger partial charge in [0.1, 0.15) is 12.1 Å². The third-order valence-electron chi connectivity index (χ3n) is 4.13. The van der Waals surface area contributed by atoms with Crippen LogP contribution >= 0.6 is 0 Å². The van der Waals surface area contributed by atoms with Crippen molar-refractivity contribution in [2.24, 2.45) is 0 Å². The first-order valence-electron chi connectivity index (χ1n) is 7.32. The minimum atomic E-state index is 0.00288. The number of anilines is 1. The van der Waals surface area contributed by atoms with E-state index >= 15 is 0 Å². The zero-order chi connectivity index (χ0) is 14.9. The van der Waals surface area contributed by atoms with Crippen LogP contribution in [0.4, 0.5) is 5.95 Å². The van der Waals surface area contributed by atoms with Gasteiger partial charge in [0.25, 0.3) is 0 Å². The van der Waals surface area contributed by atoms with E-state index in [1.165, 1.54) is 5.56 Å². The van der Waals surface area contributed by atoms with Crippen LogP contribution in [0.15, 0.2) is 60.9 Å². The molecule has 22 heavy (non-hydrogen) atoms. The van der Waals surface area contributed by atoms with E-state index in [0.717, 1.165) is 17.9 Å². The Kier molecular flexibility index (Phi) is 3.04. The van der Waals surface area contributed by atoms with Crippen LogP contribution in [-0.4, -0.2) is 19.9 Å². The van der Waals surface area contributed by atoms with Gasteiger partial charge in [-0.25, -0.2) is 4.68 Å². The molecule has 0 amide bonds. The Balaban J connectivity index is 1.76. The number of benzene rings is 2. The van der Waals surface area contributed by atoms with Crippen LogP contribution < -0.4 is 5.32 Å². The van der Waals surface area contributed by atoms with E-state index in [1.807, 2.05) is 41.1 Å². The molecule has 0 radical (unpaired) electrons. The number of nitrogens with zero attached hydrogens (tertiary/aromatic N) is 3. The number of aromatic hydroxyl groups is 1. The molecule has 3 aromatic rings. The molecule has 0 spiro atoms. The Morgan fingerprint density at radius 1 is 1.05 bits per heavy atom. The highest BCUT2D eigenvalue weighted by molar-refractivity contribution is 5.43. The summed E-state index contributed by atoms with van der Waals surface area (Å²) in [4.78, 5) is 4.30. The van der Waals surface area contributed by atoms with E-state index < -0.39 is 0 Å². The Morgan fingerprint density at radius 3 is 2.64 bits per heavy atom. The summed E-state index contributed by atoms with van der Waals surface area (Å²) >= 11 is 0. The molecule has 2 heterocycles. The topological polar surface area (TPSA) is 63.0 Å². The average molecular weight is 292 g/mol. The van der Waals surface area contributed by atoms with E-state index in [0.29, 0.717) is 5.75 Å². The van der Waals surface area contributed by atoms with Crippen molar-refractivity contribution in [1.29, 1.82) is 0 Å². The van der Waals surface area contributed by atoms with E-state index in [4.69, 9.17) is 0 Å². The van der Waals surface area contributed by atoms with Crippen LogP contribution in [0.25, 0.3) is 0 Å². The third kappa shape index (κ3) is 2.11. The molecule has 1 aliphatic heterocycles. The number of para-hydroxylation sites is 1. The number of hydrogen-bond donors (Lipinski definition) is 2. The molecular formula is C17H16N4O. The van der Waals surface area contributed by atoms with Gasteiger partial charge >= 0.3 is 0 Å². The van der Waals surface area contributed by atoms with Crippen molar-refractivity contribution >= 4 is 5.95 Å². The van der Waals surface area contributed by atoms with Crippen molar-refractivity contribution in [3.05, 3.63) is 72.1 Å². The van der Waals surface area contributed by atoms with Crippen LogP contribution in [0, 0.1) is 0 Å². The van der Waals surface area contributed by atoms with Crippen molar-refractivity contribution in [2.45, 2.75) is 18.5 Å². The summed E-state index contributed by atoms with van der Waals surface area (Å²) in [6.45, 7) is 0. The Morgan fingerprint density at radius 2 is 1.82 bits per heavy atom. The van der Waals surface area contributed by atoms with Gasteiger partial charge in [0, 0.05) is 5.56 Å². The van der Waals surface area contributed by atoms with Crippen molar-refractivity contribution in [3.63, 3.8) is 0 Å². The lowest BCUT2D eigenvalue weighted by Crippen LogP contribution is -2.28. The van der Waals surface area contributed by atoms with Crippen molar-refractivity contribution in [1.82, 2.24) is 14.8 Å². The monoisotopic (exact) mass is 292 g/mol. The highest BCUT2D eigenvalue weighted by Crippen LogP contribution is 2.39. The number of nitrogens with one attached hydrogen (secondary N) is 1. The number of phenolic OH excluding ortho intramolecular Hbond substituents is 1. The lowest BCUT2D eigenvalue weighted by Gasteiger charge is -2.32. The predicted octanol–water partition coefficient (Wildman–Crippen LogP) is 3.13. The highest BCUT2D eigenvalue weighted by atomic mass is 16.3. The molecule has 110 valence electrons. The summed E-state index contributed by atoms with van der Waals surface area (Å²) in [6, 6.07) is 17.8. The van der Waals surface area contributed by atoms with Gasteiger partial charge in [0.15, 0.2) is 0 Å². The first-order valence-corrected chi connectivity index (χ1v) is 7.32. The lowest BCUT2D eigenvalue weighted by molar-refractivity contribution is 0.414.